The highest BCUT2D eigenvalue weighted by molar-refractivity contribution is 5.92. The Hall–Kier alpha value is -1.81. The number of hydrogen-bond acceptors (Lipinski definition) is 3. The van der Waals surface area contributed by atoms with Crippen LogP contribution >= 0.6 is 0 Å². The van der Waals surface area contributed by atoms with Crippen LogP contribution in [-0.4, -0.2) is 22.3 Å². The van der Waals surface area contributed by atoms with Crippen LogP contribution in [0, 0.1) is 0 Å². The summed E-state index contributed by atoms with van der Waals surface area (Å²) in [5.74, 6) is 0.163. The molecule has 0 unspecified atom stereocenters. The SMILES string of the molecule is [N-]=[N+]=NCCC(=O)c1ncc[nH]1. The molecule has 12 heavy (non-hydrogen) atoms. The Bertz CT molecular complexity index is 298. The second-order valence-corrected chi connectivity index (χ2v) is 2.07. The smallest absolute Gasteiger partial charge is 0.198 e. The summed E-state index contributed by atoms with van der Waals surface area (Å²) in [7, 11) is 0. The van der Waals surface area contributed by atoms with Gasteiger partial charge in [-0.2, -0.15) is 0 Å². The van der Waals surface area contributed by atoms with Crippen LogP contribution in [0.2, 0.25) is 0 Å². The fourth-order valence-corrected chi connectivity index (χ4v) is 0.732. The number of carbonyl (C=O) groups excluding carboxylic acids is 1. The van der Waals surface area contributed by atoms with Gasteiger partial charge in [0, 0.05) is 30.3 Å². The minimum atomic E-state index is -0.146. The van der Waals surface area contributed by atoms with Crippen molar-refractivity contribution in [2.45, 2.75) is 6.42 Å². The lowest BCUT2D eigenvalue weighted by Crippen LogP contribution is -2.02. The third kappa shape index (κ3) is 2.10. The van der Waals surface area contributed by atoms with Gasteiger partial charge < -0.3 is 4.98 Å². The van der Waals surface area contributed by atoms with Crippen LogP contribution in [-0.2, 0) is 0 Å². The van der Waals surface area contributed by atoms with Gasteiger partial charge in [-0.1, -0.05) is 5.11 Å². The van der Waals surface area contributed by atoms with Gasteiger partial charge in [0.05, 0.1) is 0 Å². The molecule has 6 nitrogen and oxygen atoms in total. The average Bonchev–Trinajstić information content (AvgIpc) is 2.56. The summed E-state index contributed by atoms with van der Waals surface area (Å²) >= 11 is 0. The van der Waals surface area contributed by atoms with Gasteiger partial charge in [-0.25, -0.2) is 4.98 Å². The zero-order valence-corrected chi connectivity index (χ0v) is 6.27. The van der Waals surface area contributed by atoms with E-state index in [1.165, 1.54) is 6.20 Å². The second kappa shape index (κ2) is 4.15. The predicted molar refractivity (Wildman–Crippen MR) is 41.5 cm³/mol. The van der Waals surface area contributed by atoms with Crippen molar-refractivity contribution in [1.29, 1.82) is 0 Å². The van der Waals surface area contributed by atoms with E-state index >= 15 is 0 Å². The molecule has 1 heterocycles. The molecule has 0 fully saturated rings. The highest BCUT2D eigenvalue weighted by Crippen LogP contribution is 1.95. The Morgan fingerprint density at radius 1 is 1.83 bits per heavy atom. The molecule has 0 aromatic carbocycles. The molecule has 0 spiro atoms. The number of rotatable bonds is 4. The number of Topliss-reactive ketones (excluding diaryl/α,β-unsaturated/α-hetero) is 1. The van der Waals surface area contributed by atoms with E-state index in [1.54, 1.807) is 6.20 Å². The molecule has 1 aromatic heterocycles. The van der Waals surface area contributed by atoms with Crippen molar-refractivity contribution in [2.75, 3.05) is 6.54 Å². The van der Waals surface area contributed by atoms with Gasteiger partial charge >= 0.3 is 0 Å². The standard InChI is InChI=1S/C6H7N5O/c7-11-10-2-1-5(12)6-8-3-4-9-6/h3-4H,1-2H2,(H,8,9). The summed E-state index contributed by atoms with van der Waals surface area (Å²) < 4.78 is 0. The number of ketones is 1. The maximum atomic E-state index is 11.1. The lowest BCUT2D eigenvalue weighted by molar-refractivity contribution is 0.0976. The Morgan fingerprint density at radius 2 is 2.67 bits per heavy atom. The lowest BCUT2D eigenvalue weighted by Gasteiger charge is -1.90. The Labute approximate surface area is 68.3 Å². The van der Waals surface area contributed by atoms with Gasteiger partial charge in [0.2, 0.25) is 0 Å². The van der Waals surface area contributed by atoms with E-state index in [0.29, 0.717) is 5.82 Å². The number of imidazole rings is 1. The third-order valence-corrected chi connectivity index (χ3v) is 1.26. The monoisotopic (exact) mass is 165 g/mol. The lowest BCUT2D eigenvalue weighted by atomic mass is 10.3. The average molecular weight is 165 g/mol. The number of azide groups is 1. The molecule has 0 amide bonds. The van der Waals surface area contributed by atoms with Crippen molar-refractivity contribution >= 4 is 5.78 Å². The van der Waals surface area contributed by atoms with Crippen molar-refractivity contribution in [3.63, 3.8) is 0 Å². The molecule has 0 saturated heterocycles. The molecule has 0 aliphatic carbocycles. The number of aromatic amines is 1. The number of hydrogen-bond donors (Lipinski definition) is 1. The molecule has 0 aliphatic rings. The maximum absolute atomic E-state index is 11.1. The van der Waals surface area contributed by atoms with Crippen LogP contribution in [0.15, 0.2) is 17.5 Å². The second-order valence-electron chi connectivity index (χ2n) is 2.07. The summed E-state index contributed by atoms with van der Waals surface area (Å²) in [6, 6.07) is 0. The minimum Gasteiger partial charge on any atom is -0.342 e. The number of nitrogens with one attached hydrogen (secondary N) is 1. The highest BCUT2D eigenvalue weighted by atomic mass is 16.1. The van der Waals surface area contributed by atoms with E-state index in [0.717, 1.165) is 0 Å². The first-order chi connectivity index (χ1) is 5.84. The van der Waals surface area contributed by atoms with Crippen molar-refractivity contribution in [2.24, 2.45) is 5.11 Å². The fraction of sp³-hybridized carbons (Fsp3) is 0.333. The van der Waals surface area contributed by atoms with Gasteiger partial charge in [0.15, 0.2) is 11.6 Å². The van der Waals surface area contributed by atoms with E-state index in [1.807, 2.05) is 0 Å². The molecule has 1 rings (SSSR count). The van der Waals surface area contributed by atoms with Crippen LogP contribution < -0.4 is 0 Å². The molecule has 0 saturated carbocycles. The Morgan fingerprint density at radius 3 is 3.25 bits per heavy atom. The summed E-state index contributed by atoms with van der Waals surface area (Å²) in [5.41, 5.74) is 7.93. The van der Waals surface area contributed by atoms with Crippen molar-refractivity contribution in [1.82, 2.24) is 9.97 Å². The van der Waals surface area contributed by atoms with E-state index in [9.17, 15) is 4.79 Å². The molecule has 0 radical (unpaired) electrons. The number of carbonyl (C=O) groups is 1. The maximum Gasteiger partial charge on any atom is 0.198 e. The molecule has 62 valence electrons. The Kier molecular flexibility index (Phi) is 2.87. The first-order valence-corrected chi connectivity index (χ1v) is 3.38. The van der Waals surface area contributed by atoms with Gasteiger partial charge in [-0.15, -0.1) is 0 Å². The van der Waals surface area contributed by atoms with Crippen molar-refractivity contribution in [3.05, 3.63) is 28.7 Å². The largest absolute Gasteiger partial charge is 0.342 e. The summed E-state index contributed by atoms with van der Waals surface area (Å²) in [4.78, 5) is 20.1. The predicted octanol–water partition coefficient (Wildman–Crippen LogP) is 1.29. The highest BCUT2D eigenvalue weighted by Gasteiger charge is 2.05. The van der Waals surface area contributed by atoms with Gasteiger partial charge in [-0.05, 0) is 5.53 Å². The first-order valence-electron chi connectivity index (χ1n) is 3.38. The van der Waals surface area contributed by atoms with Crippen LogP contribution in [0.4, 0.5) is 0 Å². The summed E-state index contributed by atoms with van der Waals surface area (Å²) in [5, 5.41) is 3.24. The minimum absolute atomic E-state index is 0.146. The van der Waals surface area contributed by atoms with Gasteiger partial charge in [0.25, 0.3) is 0 Å². The molecule has 1 N–H and O–H groups in total. The Balaban J connectivity index is 2.45. The zero-order chi connectivity index (χ0) is 8.81. The van der Waals surface area contributed by atoms with E-state index in [2.05, 4.69) is 20.0 Å². The van der Waals surface area contributed by atoms with Crippen LogP contribution in [0.3, 0.4) is 0 Å². The fourth-order valence-electron chi connectivity index (χ4n) is 0.732. The normalized spacial score (nSPS) is 9.00. The van der Waals surface area contributed by atoms with Crippen molar-refractivity contribution in [3.8, 4) is 0 Å². The van der Waals surface area contributed by atoms with E-state index in [-0.39, 0.29) is 18.7 Å². The van der Waals surface area contributed by atoms with Crippen LogP contribution in [0.1, 0.15) is 17.0 Å². The van der Waals surface area contributed by atoms with Crippen molar-refractivity contribution < 1.29 is 4.79 Å². The molecule has 0 bridgehead atoms. The zero-order valence-electron chi connectivity index (χ0n) is 6.27. The summed E-state index contributed by atoms with van der Waals surface area (Å²) in [6.07, 6.45) is 3.26. The van der Waals surface area contributed by atoms with E-state index in [4.69, 9.17) is 5.53 Å². The molecular weight excluding hydrogens is 158 g/mol. The first kappa shape index (κ1) is 8.29. The summed E-state index contributed by atoms with van der Waals surface area (Å²) in [6.45, 7) is 0.177. The van der Waals surface area contributed by atoms with E-state index < -0.39 is 0 Å². The number of H-pyrrole nitrogens is 1. The van der Waals surface area contributed by atoms with Gasteiger partial charge in [0.1, 0.15) is 0 Å². The molecule has 0 atom stereocenters. The molecule has 0 aliphatic heterocycles. The number of nitrogens with zero attached hydrogens (tertiary/aromatic N) is 4. The molecule has 1 aromatic rings. The topological polar surface area (TPSA) is 94.5 Å². The van der Waals surface area contributed by atoms with Crippen LogP contribution in [0.25, 0.3) is 10.4 Å². The third-order valence-electron chi connectivity index (χ3n) is 1.26. The van der Waals surface area contributed by atoms with Gasteiger partial charge in [-0.3, -0.25) is 4.79 Å². The molecular formula is C6H7N5O. The molecule has 6 heteroatoms. The quantitative estimate of drug-likeness (QED) is 0.315. The number of aromatic nitrogens is 2. The van der Waals surface area contributed by atoms with Crippen LogP contribution in [0.5, 0.6) is 0 Å².